The molecule has 1 N–H and O–H groups in total. The number of benzene rings is 1. The number of aromatic nitrogens is 6. The van der Waals surface area contributed by atoms with E-state index < -0.39 is 0 Å². The fraction of sp³-hybridized carbons (Fsp3) is 0.333. The number of anilines is 2. The molecule has 1 aliphatic heterocycles. The number of hydrogen-bond donors (Lipinski definition) is 1. The molecular weight excluding hydrogens is 399 g/mol. The molecule has 4 heterocycles. The fourth-order valence-corrected chi connectivity index (χ4v) is 3.91. The summed E-state index contributed by atoms with van der Waals surface area (Å²) in [5, 5.41) is 7.35. The topological polar surface area (TPSA) is 85.9 Å². The largest absolute Gasteiger partial charge is 0.377 e. The van der Waals surface area contributed by atoms with Crippen LogP contribution in [0.25, 0.3) is 28.4 Å². The minimum absolute atomic E-state index is 0.164. The molecule has 9 nitrogen and oxygen atoms in total. The molecule has 1 fully saturated rings. The van der Waals surface area contributed by atoms with Crippen LogP contribution in [0.2, 0.25) is 0 Å². The van der Waals surface area contributed by atoms with E-state index in [0.717, 1.165) is 23.8 Å². The normalized spacial score (nSPS) is 16.8. The molecule has 4 aromatic rings. The third kappa shape index (κ3) is 3.38. The van der Waals surface area contributed by atoms with Gasteiger partial charge in [0, 0.05) is 39.0 Å². The standard InChI is InChI=1S/C21H23FN8O/c1-13-12-31-9-8-29(13)19-11-16(17-6-7-24-28(17)3)26-21(27-19)30-18-10-14(22)4-5-15(18)25-20(30)23-2/h4-7,10-11,13H,8-9,12H2,1-3H3,(H,23,25)/t13-/m1/s1. The number of morpholine rings is 1. The maximum absolute atomic E-state index is 14.1. The van der Waals surface area contributed by atoms with Crippen molar-refractivity contribution in [1.29, 1.82) is 0 Å². The quantitative estimate of drug-likeness (QED) is 0.541. The summed E-state index contributed by atoms with van der Waals surface area (Å²) in [4.78, 5) is 16.5. The second-order valence-electron chi connectivity index (χ2n) is 7.52. The minimum Gasteiger partial charge on any atom is -0.377 e. The highest BCUT2D eigenvalue weighted by Gasteiger charge is 2.24. The second-order valence-corrected chi connectivity index (χ2v) is 7.52. The van der Waals surface area contributed by atoms with Crippen LogP contribution in [0.3, 0.4) is 0 Å². The number of aryl methyl sites for hydroxylation is 1. The summed E-state index contributed by atoms with van der Waals surface area (Å²) in [5.41, 5.74) is 2.82. The molecule has 0 aliphatic carbocycles. The molecule has 10 heteroatoms. The van der Waals surface area contributed by atoms with E-state index in [1.807, 2.05) is 19.2 Å². The zero-order valence-electron chi connectivity index (χ0n) is 17.6. The number of imidazole rings is 1. The van der Waals surface area contributed by atoms with Gasteiger partial charge in [0.15, 0.2) is 0 Å². The van der Waals surface area contributed by atoms with Gasteiger partial charge in [-0.1, -0.05) is 0 Å². The lowest BCUT2D eigenvalue weighted by molar-refractivity contribution is 0.0985. The van der Waals surface area contributed by atoms with E-state index in [1.165, 1.54) is 12.1 Å². The highest BCUT2D eigenvalue weighted by Crippen LogP contribution is 2.29. The van der Waals surface area contributed by atoms with Gasteiger partial charge in [-0.2, -0.15) is 10.1 Å². The smallest absolute Gasteiger partial charge is 0.239 e. The molecule has 0 radical (unpaired) electrons. The molecule has 1 aromatic carbocycles. The van der Waals surface area contributed by atoms with Crippen LogP contribution in [0.5, 0.6) is 0 Å². The van der Waals surface area contributed by atoms with E-state index in [0.29, 0.717) is 36.1 Å². The first kappa shape index (κ1) is 19.4. The van der Waals surface area contributed by atoms with Crippen molar-refractivity contribution in [2.24, 2.45) is 7.05 Å². The maximum Gasteiger partial charge on any atom is 0.239 e. The van der Waals surface area contributed by atoms with Crippen molar-refractivity contribution in [3.63, 3.8) is 0 Å². The number of hydrogen-bond acceptors (Lipinski definition) is 7. The van der Waals surface area contributed by atoms with Crippen LogP contribution < -0.4 is 10.2 Å². The van der Waals surface area contributed by atoms with Gasteiger partial charge in [0.05, 0.1) is 41.7 Å². The fourth-order valence-electron chi connectivity index (χ4n) is 3.91. The molecule has 5 rings (SSSR count). The Morgan fingerprint density at radius 3 is 2.77 bits per heavy atom. The SMILES string of the molecule is CNc1nc2ccc(F)cc2n1-c1nc(-c2ccnn2C)cc(N2CCOC[C@H]2C)n1. The van der Waals surface area contributed by atoms with Gasteiger partial charge in [-0.3, -0.25) is 4.68 Å². The summed E-state index contributed by atoms with van der Waals surface area (Å²) < 4.78 is 23.2. The summed E-state index contributed by atoms with van der Waals surface area (Å²) in [7, 11) is 3.64. The van der Waals surface area contributed by atoms with Crippen molar-refractivity contribution < 1.29 is 9.13 Å². The van der Waals surface area contributed by atoms with Crippen LogP contribution >= 0.6 is 0 Å². The number of nitrogens with one attached hydrogen (secondary N) is 1. The third-order valence-electron chi connectivity index (χ3n) is 5.49. The second kappa shape index (κ2) is 7.62. The molecular formula is C21H23FN8O. The Morgan fingerprint density at radius 2 is 2.03 bits per heavy atom. The highest BCUT2D eigenvalue weighted by atomic mass is 19.1. The number of ether oxygens (including phenoxy) is 1. The van der Waals surface area contributed by atoms with Crippen LogP contribution in [0, 0.1) is 5.82 Å². The molecule has 0 amide bonds. The van der Waals surface area contributed by atoms with Gasteiger partial charge in [-0.05, 0) is 25.1 Å². The number of nitrogens with zero attached hydrogens (tertiary/aromatic N) is 7. The lowest BCUT2D eigenvalue weighted by atomic mass is 10.2. The van der Waals surface area contributed by atoms with Gasteiger partial charge in [-0.15, -0.1) is 0 Å². The van der Waals surface area contributed by atoms with Crippen molar-refractivity contribution in [2.75, 3.05) is 37.0 Å². The molecule has 160 valence electrons. The Balaban J connectivity index is 1.76. The Hall–Kier alpha value is -3.53. The lowest BCUT2D eigenvalue weighted by Gasteiger charge is -2.34. The van der Waals surface area contributed by atoms with Crippen molar-refractivity contribution in [2.45, 2.75) is 13.0 Å². The van der Waals surface area contributed by atoms with E-state index in [9.17, 15) is 4.39 Å². The van der Waals surface area contributed by atoms with Crippen LogP contribution in [-0.2, 0) is 11.8 Å². The zero-order valence-corrected chi connectivity index (χ0v) is 17.6. The molecule has 0 unspecified atom stereocenters. The first-order chi connectivity index (χ1) is 15.0. The van der Waals surface area contributed by atoms with Gasteiger partial charge in [0.1, 0.15) is 11.6 Å². The predicted molar refractivity (Wildman–Crippen MR) is 116 cm³/mol. The summed E-state index contributed by atoms with van der Waals surface area (Å²) in [6, 6.07) is 8.52. The average Bonchev–Trinajstić information content (AvgIpc) is 3.36. The monoisotopic (exact) mass is 422 g/mol. The molecule has 0 bridgehead atoms. The Morgan fingerprint density at radius 1 is 1.16 bits per heavy atom. The predicted octanol–water partition coefficient (Wildman–Crippen LogP) is 2.62. The van der Waals surface area contributed by atoms with E-state index in [1.54, 1.807) is 28.6 Å². The Kier molecular flexibility index (Phi) is 4.78. The van der Waals surface area contributed by atoms with Crippen LogP contribution in [0.1, 0.15) is 6.92 Å². The summed E-state index contributed by atoms with van der Waals surface area (Å²) in [6.07, 6.45) is 1.73. The molecule has 0 spiro atoms. The van der Waals surface area contributed by atoms with Crippen LogP contribution in [0.4, 0.5) is 16.2 Å². The first-order valence-corrected chi connectivity index (χ1v) is 10.1. The van der Waals surface area contributed by atoms with Crippen molar-refractivity contribution in [3.05, 3.63) is 42.3 Å². The van der Waals surface area contributed by atoms with E-state index in [2.05, 4.69) is 27.2 Å². The van der Waals surface area contributed by atoms with Gasteiger partial charge < -0.3 is 15.0 Å². The van der Waals surface area contributed by atoms with E-state index in [-0.39, 0.29) is 11.9 Å². The molecule has 3 aromatic heterocycles. The number of rotatable bonds is 4. The summed E-state index contributed by atoms with van der Waals surface area (Å²) in [5.74, 6) is 1.37. The van der Waals surface area contributed by atoms with Crippen molar-refractivity contribution >= 4 is 22.8 Å². The third-order valence-corrected chi connectivity index (χ3v) is 5.49. The van der Waals surface area contributed by atoms with E-state index >= 15 is 0 Å². The number of halogens is 1. The molecule has 0 saturated carbocycles. The average molecular weight is 422 g/mol. The highest BCUT2D eigenvalue weighted by molar-refractivity contribution is 5.81. The zero-order chi connectivity index (χ0) is 21.5. The molecule has 1 atom stereocenters. The molecule has 1 saturated heterocycles. The van der Waals surface area contributed by atoms with Gasteiger partial charge in [0.2, 0.25) is 11.9 Å². The van der Waals surface area contributed by atoms with Crippen LogP contribution in [-0.4, -0.2) is 62.1 Å². The summed E-state index contributed by atoms with van der Waals surface area (Å²) >= 11 is 0. The minimum atomic E-state index is -0.346. The Labute approximate surface area is 178 Å². The number of fused-ring (bicyclic) bond motifs is 1. The molecule has 1 aliphatic rings. The molecule has 31 heavy (non-hydrogen) atoms. The lowest BCUT2D eigenvalue weighted by Crippen LogP contribution is -2.44. The Bertz CT molecular complexity index is 1250. The van der Waals surface area contributed by atoms with Crippen LogP contribution in [0.15, 0.2) is 36.5 Å². The van der Waals surface area contributed by atoms with Gasteiger partial charge in [-0.25, -0.2) is 18.9 Å². The maximum atomic E-state index is 14.1. The summed E-state index contributed by atoms with van der Waals surface area (Å²) in [6.45, 7) is 4.08. The van der Waals surface area contributed by atoms with Gasteiger partial charge in [0.25, 0.3) is 0 Å². The van der Waals surface area contributed by atoms with Crippen molar-refractivity contribution in [1.82, 2.24) is 29.3 Å². The first-order valence-electron chi connectivity index (χ1n) is 10.1. The van der Waals surface area contributed by atoms with Gasteiger partial charge >= 0.3 is 0 Å². The van der Waals surface area contributed by atoms with E-state index in [4.69, 9.17) is 14.7 Å². The van der Waals surface area contributed by atoms with Crippen molar-refractivity contribution in [3.8, 4) is 17.3 Å².